The maximum atomic E-state index is 12.6. The number of amides is 1. The number of fused-ring (bicyclic) bond motifs is 2. The molecule has 3 aliphatic rings. The quantitative estimate of drug-likeness (QED) is 0.728. The number of likely N-dealkylation sites (tertiary alicyclic amines) is 1. The summed E-state index contributed by atoms with van der Waals surface area (Å²) in [6.07, 6.45) is 6.43. The average Bonchev–Trinajstić information content (AvgIpc) is 3.10. The summed E-state index contributed by atoms with van der Waals surface area (Å²) in [4.78, 5) is 25.8. The van der Waals surface area contributed by atoms with E-state index in [0.29, 0.717) is 6.54 Å². The Morgan fingerprint density at radius 3 is 2.53 bits per heavy atom. The molecule has 0 aromatic heterocycles. The van der Waals surface area contributed by atoms with Gasteiger partial charge in [-0.15, -0.1) is 0 Å². The van der Waals surface area contributed by atoms with Crippen molar-refractivity contribution in [2.45, 2.75) is 25.3 Å². The lowest BCUT2D eigenvalue weighted by molar-refractivity contribution is -0.151. The summed E-state index contributed by atoms with van der Waals surface area (Å²) in [5.41, 5.74) is 0. The van der Waals surface area contributed by atoms with Crippen LogP contribution in [-0.2, 0) is 9.59 Å². The number of aliphatic hydroxyl groups is 1. The predicted molar refractivity (Wildman–Crippen MR) is 67.2 cm³/mol. The van der Waals surface area contributed by atoms with Crippen LogP contribution in [0.2, 0.25) is 0 Å². The minimum atomic E-state index is -0.866. The largest absolute Gasteiger partial charge is 0.481 e. The van der Waals surface area contributed by atoms with Gasteiger partial charge >= 0.3 is 5.97 Å². The predicted octanol–water partition coefficient (Wildman–Crippen LogP) is 0.493. The molecule has 0 radical (unpaired) electrons. The molecule has 1 saturated heterocycles. The van der Waals surface area contributed by atoms with Gasteiger partial charge in [-0.3, -0.25) is 9.59 Å². The monoisotopic (exact) mass is 265 g/mol. The number of hydrogen-bond acceptors (Lipinski definition) is 3. The second kappa shape index (κ2) is 4.63. The molecule has 0 aromatic rings. The van der Waals surface area contributed by atoms with Crippen LogP contribution in [0.3, 0.4) is 0 Å². The van der Waals surface area contributed by atoms with Crippen LogP contribution in [0, 0.1) is 23.7 Å². The van der Waals surface area contributed by atoms with Gasteiger partial charge < -0.3 is 15.1 Å². The van der Waals surface area contributed by atoms with E-state index in [9.17, 15) is 19.8 Å². The van der Waals surface area contributed by atoms with Crippen LogP contribution in [0.25, 0.3) is 0 Å². The standard InChI is InChI=1S/C14H19NO4/c16-7-10-2-1-5-15(10)13(17)11-8-3-4-9(6-8)12(11)14(18)19/h3-4,8-12,16H,1-2,5-7H2,(H,18,19). The number of aliphatic carboxylic acids is 1. The summed E-state index contributed by atoms with van der Waals surface area (Å²) in [6.45, 7) is 0.619. The first kappa shape index (κ1) is 12.7. The lowest BCUT2D eigenvalue weighted by Gasteiger charge is -2.31. The molecule has 5 nitrogen and oxygen atoms in total. The minimum absolute atomic E-state index is 0.00614. The van der Waals surface area contributed by atoms with E-state index in [-0.39, 0.29) is 30.4 Å². The molecule has 1 saturated carbocycles. The molecular formula is C14H19NO4. The highest BCUT2D eigenvalue weighted by molar-refractivity contribution is 5.87. The molecule has 3 rings (SSSR count). The van der Waals surface area contributed by atoms with Gasteiger partial charge in [-0.05, 0) is 31.1 Å². The number of hydrogen-bond donors (Lipinski definition) is 2. The molecule has 1 amide bonds. The number of nitrogens with zero attached hydrogens (tertiary/aromatic N) is 1. The summed E-state index contributed by atoms with van der Waals surface area (Å²) in [5.74, 6) is -1.87. The Morgan fingerprint density at radius 1 is 1.21 bits per heavy atom. The van der Waals surface area contributed by atoms with Crippen molar-refractivity contribution in [3.63, 3.8) is 0 Å². The fourth-order valence-electron chi connectivity index (χ4n) is 4.00. The molecule has 1 heterocycles. The molecule has 5 atom stereocenters. The Bertz CT molecular complexity index is 433. The maximum Gasteiger partial charge on any atom is 0.307 e. The van der Waals surface area contributed by atoms with Gasteiger partial charge in [-0.1, -0.05) is 12.2 Å². The fourth-order valence-corrected chi connectivity index (χ4v) is 4.00. The number of carboxylic acid groups (broad SMARTS) is 1. The molecule has 2 bridgehead atoms. The van der Waals surface area contributed by atoms with E-state index in [4.69, 9.17) is 0 Å². The van der Waals surface area contributed by atoms with E-state index in [1.807, 2.05) is 12.2 Å². The molecule has 104 valence electrons. The Morgan fingerprint density at radius 2 is 1.89 bits per heavy atom. The smallest absolute Gasteiger partial charge is 0.307 e. The average molecular weight is 265 g/mol. The van der Waals surface area contributed by atoms with E-state index in [1.165, 1.54) is 0 Å². The second-order valence-electron chi connectivity index (χ2n) is 5.85. The lowest BCUT2D eigenvalue weighted by Crippen LogP contribution is -2.46. The Labute approximate surface area is 111 Å². The third-order valence-electron chi connectivity index (χ3n) is 4.90. The van der Waals surface area contributed by atoms with E-state index >= 15 is 0 Å². The third kappa shape index (κ3) is 1.87. The zero-order valence-corrected chi connectivity index (χ0v) is 10.7. The van der Waals surface area contributed by atoms with Gasteiger partial charge in [0, 0.05) is 6.54 Å². The molecule has 0 aromatic carbocycles. The van der Waals surface area contributed by atoms with Crippen LogP contribution in [0.1, 0.15) is 19.3 Å². The van der Waals surface area contributed by atoms with Gasteiger partial charge in [-0.25, -0.2) is 0 Å². The Kier molecular flexibility index (Phi) is 3.09. The molecule has 5 heteroatoms. The van der Waals surface area contributed by atoms with Crippen molar-refractivity contribution < 1.29 is 19.8 Å². The normalized spacial score (nSPS) is 40.1. The van der Waals surface area contributed by atoms with Crippen molar-refractivity contribution in [2.24, 2.45) is 23.7 Å². The van der Waals surface area contributed by atoms with E-state index in [2.05, 4.69) is 0 Å². The number of allylic oxidation sites excluding steroid dienone is 2. The van der Waals surface area contributed by atoms with Gasteiger partial charge in [0.05, 0.1) is 24.5 Å². The summed E-state index contributed by atoms with van der Waals surface area (Å²) >= 11 is 0. The number of carbonyl (C=O) groups is 2. The molecule has 0 spiro atoms. The number of aliphatic hydroxyl groups excluding tert-OH is 1. The van der Waals surface area contributed by atoms with Crippen LogP contribution in [0.5, 0.6) is 0 Å². The summed E-state index contributed by atoms with van der Waals surface area (Å²) in [5, 5.41) is 18.7. The van der Waals surface area contributed by atoms with Crippen molar-refractivity contribution in [2.75, 3.05) is 13.2 Å². The number of carbonyl (C=O) groups excluding carboxylic acids is 1. The highest BCUT2D eigenvalue weighted by Crippen LogP contribution is 2.49. The van der Waals surface area contributed by atoms with Gasteiger partial charge in [0.25, 0.3) is 0 Å². The summed E-state index contributed by atoms with van der Waals surface area (Å²) in [7, 11) is 0. The number of carboxylic acids is 1. The Balaban J connectivity index is 1.83. The molecule has 2 N–H and O–H groups in total. The van der Waals surface area contributed by atoms with Gasteiger partial charge in [0.2, 0.25) is 5.91 Å². The number of rotatable bonds is 3. The van der Waals surface area contributed by atoms with Crippen LogP contribution in [0.4, 0.5) is 0 Å². The van der Waals surface area contributed by atoms with Gasteiger partial charge in [0.15, 0.2) is 0 Å². The van der Waals surface area contributed by atoms with Crippen LogP contribution in [0.15, 0.2) is 12.2 Å². The van der Waals surface area contributed by atoms with Crippen molar-refractivity contribution >= 4 is 11.9 Å². The SMILES string of the molecule is O=C(O)C1C2C=CC(C2)C1C(=O)N1CCCC1CO. The van der Waals surface area contributed by atoms with Crippen molar-refractivity contribution in [3.05, 3.63) is 12.2 Å². The first-order valence-electron chi connectivity index (χ1n) is 6.96. The Hall–Kier alpha value is -1.36. The zero-order chi connectivity index (χ0) is 13.6. The van der Waals surface area contributed by atoms with Gasteiger partial charge in [0.1, 0.15) is 0 Å². The fraction of sp³-hybridized carbons (Fsp3) is 0.714. The van der Waals surface area contributed by atoms with Crippen LogP contribution >= 0.6 is 0 Å². The zero-order valence-electron chi connectivity index (χ0n) is 10.7. The highest BCUT2D eigenvalue weighted by atomic mass is 16.4. The molecule has 2 fully saturated rings. The molecule has 2 aliphatic carbocycles. The highest BCUT2D eigenvalue weighted by Gasteiger charge is 2.53. The third-order valence-corrected chi connectivity index (χ3v) is 4.90. The van der Waals surface area contributed by atoms with Crippen molar-refractivity contribution in [1.82, 2.24) is 4.90 Å². The van der Waals surface area contributed by atoms with Crippen LogP contribution < -0.4 is 0 Å². The van der Waals surface area contributed by atoms with Crippen LogP contribution in [-0.4, -0.2) is 46.2 Å². The second-order valence-corrected chi connectivity index (χ2v) is 5.85. The molecule has 5 unspecified atom stereocenters. The molecular weight excluding hydrogens is 246 g/mol. The lowest BCUT2D eigenvalue weighted by atomic mass is 9.82. The summed E-state index contributed by atoms with van der Waals surface area (Å²) < 4.78 is 0. The van der Waals surface area contributed by atoms with Gasteiger partial charge in [-0.2, -0.15) is 0 Å². The maximum absolute atomic E-state index is 12.6. The summed E-state index contributed by atoms with van der Waals surface area (Å²) in [6, 6.07) is -0.120. The van der Waals surface area contributed by atoms with Crippen molar-refractivity contribution in [1.29, 1.82) is 0 Å². The first-order valence-corrected chi connectivity index (χ1v) is 6.96. The molecule has 1 aliphatic heterocycles. The first-order chi connectivity index (χ1) is 9.13. The minimum Gasteiger partial charge on any atom is -0.481 e. The van der Waals surface area contributed by atoms with E-state index in [0.717, 1.165) is 19.3 Å². The topological polar surface area (TPSA) is 77.8 Å². The van der Waals surface area contributed by atoms with Crippen molar-refractivity contribution in [3.8, 4) is 0 Å². The van der Waals surface area contributed by atoms with E-state index < -0.39 is 17.8 Å². The van der Waals surface area contributed by atoms with E-state index in [1.54, 1.807) is 4.90 Å². The molecule has 19 heavy (non-hydrogen) atoms.